The van der Waals surface area contributed by atoms with Crippen molar-refractivity contribution in [3.05, 3.63) is 59.7 Å². The molecule has 1 saturated heterocycles. The number of carboxylic acid groups (broad SMARTS) is 1. The van der Waals surface area contributed by atoms with Gasteiger partial charge in [-0.2, -0.15) is 0 Å². The lowest BCUT2D eigenvalue weighted by atomic mass is 10.0. The quantitative estimate of drug-likeness (QED) is 0.172. The SMILES string of the molecule is NC(=O)CC(NC(=O)C(N)Cc1ccc(O)cc1)C(=O)NC(Cc1ccc(O)cc1)C(=O)N1CCCC1C(=O)O. The van der Waals surface area contributed by atoms with E-state index in [1.54, 1.807) is 24.3 Å². The van der Waals surface area contributed by atoms with Gasteiger partial charge in [0.25, 0.3) is 0 Å². The molecule has 13 nitrogen and oxygen atoms in total. The van der Waals surface area contributed by atoms with E-state index >= 15 is 0 Å². The second-order valence-electron chi connectivity index (χ2n) is 9.67. The maximum absolute atomic E-state index is 13.5. The van der Waals surface area contributed by atoms with Gasteiger partial charge in [0.05, 0.1) is 12.5 Å². The fourth-order valence-electron chi connectivity index (χ4n) is 4.50. The summed E-state index contributed by atoms with van der Waals surface area (Å²) in [5.74, 6) is -4.29. The smallest absolute Gasteiger partial charge is 0.326 e. The van der Waals surface area contributed by atoms with Gasteiger partial charge in [-0.1, -0.05) is 24.3 Å². The van der Waals surface area contributed by atoms with Crippen LogP contribution in [0, 0.1) is 0 Å². The molecule has 1 aliphatic heterocycles. The molecule has 2 aromatic rings. The summed E-state index contributed by atoms with van der Waals surface area (Å²) in [7, 11) is 0. The molecular weight excluding hydrogens is 522 g/mol. The lowest BCUT2D eigenvalue weighted by Crippen LogP contribution is -2.58. The summed E-state index contributed by atoms with van der Waals surface area (Å²) in [6.45, 7) is 0.186. The van der Waals surface area contributed by atoms with E-state index in [1.807, 2.05) is 0 Å². The summed E-state index contributed by atoms with van der Waals surface area (Å²) in [6, 6.07) is 7.07. The van der Waals surface area contributed by atoms with Crippen LogP contribution in [0.25, 0.3) is 0 Å². The number of nitrogens with zero attached hydrogens (tertiary/aromatic N) is 1. The molecule has 3 rings (SSSR count). The van der Waals surface area contributed by atoms with Crippen LogP contribution in [0.5, 0.6) is 11.5 Å². The largest absolute Gasteiger partial charge is 0.508 e. The van der Waals surface area contributed by atoms with Crippen molar-refractivity contribution in [2.24, 2.45) is 11.5 Å². The number of likely N-dealkylation sites (tertiary alicyclic amines) is 1. The fourth-order valence-corrected chi connectivity index (χ4v) is 4.50. The highest BCUT2D eigenvalue weighted by Crippen LogP contribution is 2.20. The molecule has 4 amide bonds. The summed E-state index contributed by atoms with van der Waals surface area (Å²) in [6.07, 6.45) is 0.184. The van der Waals surface area contributed by atoms with E-state index in [0.717, 1.165) is 0 Å². The molecule has 9 N–H and O–H groups in total. The summed E-state index contributed by atoms with van der Waals surface area (Å²) in [5.41, 5.74) is 12.5. The molecule has 2 aromatic carbocycles. The lowest BCUT2D eigenvalue weighted by molar-refractivity contribution is -0.149. The van der Waals surface area contributed by atoms with Gasteiger partial charge in [0.1, 0.15) is 29.6 Å². The van der Waals surface area contributed by atoms with Crippen molar-refractivity contribution in [3.8, 4) is 11.5 Å². The van der Waals surface area contributed by atoms with E-state index in [2.05, 4.69) is 10.6 Å². The Morgan fingerprint density at radius 1 is 0.850 bits per heavy atom. The Hall–Kier alpha value is -4.65. The first-order valence-corrected chi connectivity index (χ1v) is 12.7. The van der Waals surface area contributed by atoms with E-state index in [1.165, 1.54) is 29.2 Å². The Balaban J connectivity index is 1.78. The van der Waals surface area contributed by atoms with Crippen LogP contribution in [0.1, 0.15) is 30.4 Å². The maximum atomic E-state index is 13.5. The number of carbonyl (C=O) groups is 5. The number of phenols is 2. The lowest BCUT2D eigenvalue weighted by Gasteiger charge is -2.29. The summed E-state index contributed by atoms with van der Waals surface area (Å²) in [4.78, 5) is 64.1. The number of aliphatic carboxylic acids is 1. The Morgan fingerprint density at radius 2 is 1.38 bits per heavy atom. The van der Waals surface area contributed by atoms with E-state index < -0.39 is 60.2 Å². The highest BCUT2D eigenvalue weighted by Gasteiger charge is 2.38. The zero-order valence-electron chi connectivity index (χ0n) is 21.7. The molecule has 0 spiro atoms. The highest BCUT2D eigenvalue weighted by atomic mass is 16.4. The molecule has 4 unspecified atom stereocenters. The van der Waals surface area contributed by atoms with Gasteiger partial charge in [-0.3, -0.25) is 19.2 Å². The third kappa shape index (κ3) is 8.17. The number of hydrogen-bond acceptors (Lipinski definition) is 8. The number of amides is 4. The predicted molar refractivity (Wildman–Crippen MR) is 142 cm³/mol. The number of carboxylic acids is 1. The molecule has 0 aromatic heterocycles. The fraction of sp³-hybridized carbons (Fsp3) is 0.370. The van der Waals surface area contributed by atoms with Crippen LogP contribution in [0.3, 0.4) is 0 Å². The molecule has 1 heterocycles. The van der Waals surface area contributed by atoms with Crippen molar-refractivity contribution in [2.75, 3.05) is 6.54 Å². The van der Waals surface area contributed by atoms with Gasteiger partial charge in [-0.25, -0.2) is 4.79 Å². The molecule has 4 atom stereocenters. The van der Waals surface area contributed by atoms with E-state index in [4.69, 9.17) is 11.5 Å². The summed E-state index contributed by atoms with van der Waals surface area (Å²) >= 11 is 0. The first-order chi connectivity index (χ1) is 18.9. The van der Waals surface area contributed by atoms with E-state index in [0.29, 0.717) is 17.5 Å². The van der Waals surface area contributed by atoms with Gasteiger partial charge >= 0.3 is 5.97 Å². The number of aromatic hydroxyl groups is 2. The van der Waals surface area contributed by atoms with Crippen molar-refractivity contribution in [1.29, 1.82) is 0 Å². The Kier molecular flexibility index (Phi) is 10.0. The van der Waals surface area contributed by atoms with Crippen LogP contribution in [0.4, 0.5) is 0 Å². The number of nitrogens with two attached hydrogens (primary N) is 2. The third-order valence-corrected chi connectivity index (χ3v) is 6.58. The van der Waals surface area contributed by atoms with Crippen molar-refractivity contribution in [1.82, 2.24) is 15.5 Å². The molecule has 1 aliphatic rings. The Labute approximate surface area is 230 Å². The minimum absolute atomic E-state index is 0.00553. The number of primary amides is 1. The average molecular weight is 556 g/mol. The van der Waals surface area contributed by atoms with E-state index in [9.17, 15) is 39.3 Å². The van der Waals surface area contributed by atoms with Crippen molar-refractivity contribution in [2.45, 2.75) is 56.3 Å². The van der Waals surface area contributed by atoms with Gasteiger partial charge in [0.15, 0.2) is 0 Å². The van der Waals surface area contributed by atoms with E-state index in [-0.39, 0.29) is 37.3 Å². The van der Waals surface area contributed by atoms with Crippen LogP contribution < -0.4 is 22.1 Å². The number of carbonyl (C=O) groups excluding carboxylic acids is 4. The van der Waals surface area contributed by atoms with Crippen LogP contribution >= 0.6 is 0 Å². The van der Waals surface area contributed by atoms with Gasteiger partial charge in [-0.05, 0) is 54.7 Å². The molecule has 214 valence electrons. The number of hydrogen-bond donors (Lipinski definition) is 7. The molecule has 0 radical (unpaired) electrons. The van der Waals surface area contributed by atoms with Crippen LogP contribution in [-0.4, -0.2) is 80.5 Å². The molecule has 0 bridgehead atoms. The third-order valence-electron chi connectivity index (χ3n) is 6.58. The first-order valence-electron chi connectivity index (χ1n) is 12.7. The Bertz CT molecular complexity index is 1230. The molecule has 13 heteroatoms. The molecule has 0 saturated carbocycles. The standard InChI is InChI=1S/C27H33N5O8/c28-19(12-15-3-7-17(33)8-4-15)24(36)30-20(14-23(29)35)25(37)31-21(13-16-5-9-18(34)10-6-16)26(38)32-11-1-2-22(32)27(39)40/h3-10,19-22,33-34H,1-2,11-14,28H2,(H2,29,35)(H,30,36)(H,31,37)(H,39,40). The van der Waals surface area contributed by atoms with Crippen molar-refractivity contribution < 1.29 is 39.3 Å². The van der Waals surface area contributed by atoms with Crippen LogP contribution in [-0.2, 0) is 36.8 Å². The minimum Gasteiger partial charge on any atom is -0.508 e. The summed E-state index contributed by atoms with van der Waals surface area (Å²) in [5, 5.41) is 33.5. The van der Waals surface area contributed by atoms with Gasteiger partial charge in [0.2, 0.25) is 23.6 Å². The molecule has 1 fully saturated rings. The maximum Gasteiger partial charge on any atom is 0.326 e. The van der Waals surface area contributed by atoms with Gasteiger partial charge in [0, 0.05) is 13.0 Å². The first kappa shape index (κ1) is 29.9. The van der Waals surface area contributed by atoms with Crippen molar-refractivity contribution >= 4 is 29.6 Å². The number of rotatable bonds is 12. The average Bonchev–Trinajstić information content (AvgIpc) is 3.40. The minimum atomic E-state index is -1.46. The number of phenolic OH excluding ortho intramolecular Hbond substituents is 2. The monoisotopic (exact) mass is 555 g/mol. The second kappa shape index (κ2) is 13.4. The zero-order valence-corrected chi connectivity index (χ0v) is 21.7. The summed E-state index contributed by atoms with van der Waals surface area (Å²) < 4.78 is 0. The zero-order chi connectivity index (χ0) is 29.4. The Morgan fingerprint density at radius 3 is 1.90 bits per heavy atom. The van der Waals surface area contributed by atoms with Crippen LogP contribution in [0.15, 0.2) is 48.5 Å². The highest BCUT2D eigenvalue weighted by molar-refractivity contribution is 5.96. The topological polar surface area (TPSA) is 225 Å². The molecular formula is C27H33N5O8. The second-order valence-corrected chi connectivity index (χ2v) is 9.67. The molecule has 0 aliphatic carbocycles. The van der Waals surface area contributed by atoms with Gasteiger partial charge < -0.3 is 42.3 Å². The number of nitrogens with one attached hydrogen (secondary N) is 2. The predicted octanol–water partition coefficient (Wildman–Crippen LogP) is -0.869. The number of benzene rings is 2. The van der Waals surface area contributed by atoms with Gasteiger partial charge in [-0.15, -0.1) is 0 Å². The van der Waals surface area contributed by atoms with Crippen molar-refractivity contribution in [3.63, 3.8) is 0 Å². The normalized spacial score (nSPS) is 16.9. The molecule has 40 heavy (non-hydrogen) atoms. The van der Waals surface area contributed by atoms with Crippen LogP contribution in [0.2, 0.25) is 0 Å².